The van der Waals surface area contributed by atoms with E-state index in [4.69, 9.17) is 16.7 Å². The Hall–Kier alpha value is -1.36. The lowest BCUT2D eigenvalue weighted by molar-refractivity contribution is -0.138. The number of carboxylic acid groups (broad SMARTS) is 1. The molecule has 16 heavy (non-hydrogen) atoms. The summed E-state index contributed by atoms with van der Waals surface area (Å²) in [6.07, 6.45) is 5.24. The van der Waals surface area contributed by atoms with Crippen molar-refractivity contribution in [1.29, 1.82) is 0 Å². The van der Waals surface area contributed by atoms with E-state index < -0.39 is 12.0 Å². The molecule has 0 fully saturated rings. The Bertz CT molecular complexity index is 360. The van der Waals surface area contributed by atoms with Gasteiger partial charge < -0.3 is 10.4 Å². The number of carboxylic acids is 1. The number of nitrogens with zero attached hydrogens (tertiary/aromatic N) is 2. The molecule has 0 bridgehead atoms. The average Bonchev–Trinajstić information content (AvgIpc) is 2.26. The molecule has 5 nitrogen and oxygen atoms in total. The SMILES string of the molecule is CCCC[C@@H](Nc1nccnc1Cl)C(=O)O. The Balaban J connectivity index is 2.68. The molecule has 2 N–H and O–H groups in total. The Kier molecular flexibility index (Phi) is 4.98. The molecular formula is C10H14ClN3O2. The molecular weight excluding hydrogens is 230 g/mol. The Labute approximate surface area is 98.9 Å². The second kappa shape index (κ2) is 6.27. The number of anilines is 1. The maximum atomic E-state index is 11.0. The minimum atomic E-state index is -0.907. The molecule has 0 amide bonds. The molecule has 1 aromatic heterocycles. The minimum absolute atomic E-state index is 0.185. The van der Waals surface area contributed by atoms with Crippen LogP contribution in [0, 0.1) is 0 Å². The second-order valence-electron chi connectivity index (χ2n) is 3.37. The minimum Gasteiger partial charge on any atom is -0.480 e. The van der Waals surface area contributed by atoms with Crippen LogP contribution in [0.2, 0.25) is 5.15 Å². The largest absolute Gasteiger partial charge is 0.480 e. The van der Waals surface area contributed by atoms with Crippen molar-refractivity contribution < 1.29 is 9.90 Å². The van der Waals surface area contributed by atoms with E-state index in [0.29, 0.717) is 12.2 Å². The van der Waals surface area contributed by atoms with Crippen LogP contribution in [0.25, 0.3) is 0 Å². The van der Waals surface area contributed by atoms with E-state index in [1.54, 1.807) is 0 Å². The number of nitrogens with one attached hydrogen (secondary N) is 1. The van der Waals surface area contributed by atoms with Gasteiger partial charge in [-0.1, -0.05) is 31.4 Å². The van der Waals surface area contributed by atoms with E-state index in [0.717, 1.165) is 12.8 Å². The van der Waals surface area contributed by atoms with Crippen molar-refractivity contribution in [2.45, 2.75) is 32.2 Å². The molecule has 0 saturated heterocycles. The summed E-state index contributed by atoms with van der Waals surface area (Å²) in [6.45, 7) is 2.01. The number of unbranched alkanes of at least 4 members (excludes halogenated alkanes) is 1. The van der Waals surface area contributed by atoms with Gasteiger partial charge in [-0.15, -0.1) is 0 Å². The first-order valence-electron chi connectivity index (χ1n) is 5.11. The summed E-state index contributed by atoms with van der Waals surface area (Å²) >= 11 is 5.78. The molecule has 1 aromatic rings. The average molecular weight is 244 g/mol. The molecule has 0 aliphatic carbocycles. The third-order valence-electron chi connectivity index (χ3n) is 2.11. The summed E-state index contributed by atoms with van der Waals surface area (Å²) in [4.78, 5) is 18.7. The lowest BCUT2D eigenvalue weighted by Crippen LogP contribution is -2.29. The molecule has 6 heteroatoms. The molecule has 1 atom stereocenters. The number of carbonyl (C=O) groups is 1. The van der Waals surface area contributed by atoms with Crippen molar-refractivity contribution in [3.8, 4) is 0 Å². The van der Waals surface area contributed by atoms with Crippen LogP contribution < -0.4 is 5.32 Å². The lowest BCUT2D eigenvalue weighted by Gasteiger charge is -2.14. The van der Waals surface area contributed by atoms with Gasteiger partial charge >= 0.3 is 5.97 Å². The molecule has 0 saturated carbocycles. The van der Waals surface area contributed by atoms with Gasteiger partial charge in [0.2, 0.25) is 0 Å². The van der Waals surface area contributed by atoms with Gasteiger partial charge in [0.15, 0.2) is 11.0 Å². The van der Waals surface area contributed by atoms with Crippen LogP contribution >= 0.6 is 11.6 Å². The van der Waals surface area contributed by atoms with Gasteiger partial charge in [-0.25, -0.2) is 14.8 Å². The smallest absolute Gasteiger partial charge is 0.326 e. The van der Waals surface area contributed by atoms with E-state index in [1.165, 1.54) is 12.4 Å². The van der Waals surface area contributed by atoms with Crippen LogP contribution in [-0.2, 0) is 4.79 Å². The lowest BCUT2D eigenvalue weighted by atomic mass is 10.1. The van der Waals surface area contributed by atoms with Gasteiger partial charge in [-0.3, -0.25) is 0 Å². The molecule has 0 spiro atoms. The second-order valence-corrected chi connectivity index (χ2v) is 3.73. The zero-order valence-electron chi connectivity index (χ0n) is 8.98. The first-order valence-corrected chi connectivity index (χ1v) is 5.48. The predicted molar refractivity (Wildman–Crippen MR) is 61.6 cm³/mol. The molecule has 0 aromatic carbocycles. The topological polar surface area (TPSA) is 75.1 Å². The van der Waals surface area contributed by atoms with Gasteiger partial charge in [0.05, 0.1) is 0 Å². The highest BCUT2D eigenvalue weighted by atomic mass is 35.5. The maximum absolute atomic E-state index is 11.0. The van der Waals surface area contributed by atoms with Gasteiger partial charge in [-0.05, 0) is 6.42 Å². The van der Waals surface area contributed by atoms with Crippen LogP contribution in [0.5, 0.6) is 0 Å². The van der Waals surface area contributed by atoms with E-state index in [9.17, 15) is 4.79 Å². The summed E-state index contributed by atoms with van der Waals surface area (Å²) in [5, 5.41) is 12.0. The van der Waals surface area contributed by atoms with Crippen LogP contribution in [0.15, 0.2) is 12.4 Å². The molecule has 1 heterocycles. The third kappa shape index (κ3) is 3.66. The van der Waals surface area contributed by atoms with Crippen molar-refractivity contribution in [3.05, 3.63) is 17.5 Å². The number of hydrogen-bond donors (Lipinski definition) is 2. The summed E-state index contributed by atoms with van der Waals surface area (Å²) in [5.74, 6) is -0.595. The number of hydrogen-bond acceptors (Lipinski definition) is 4. The standard InChI is InChI=1S/C10H14ClN3O2/c1-2-3-4-7(10(15)16)14-9-8(11)12-5-6-13-9/h5-7H,2-4H2,1H3,(H,13,14)(H,15,16)/t7-/m1/s1. The fourth-order valence-electron chi connectivity index (χ4n) is 1.25. The summed E-state index contributed by atoms with van der Waals surface area (Å²) in [5.41, 5.74) is 0. The Morgan fingerprint density at radius 1 is 1.56 bits per heavy atom. The zero-order valence-corrected chi connectivity index (χ0v) is 9.74. The molecule has 0 radical (unpaired) electrons. The summed E-state index contributed by atoms with van der Waals surface area (Å²) in [7, 11) is 0. The number of rotatable bonds is 6. The normalized spacial score (nSPS) is 12.1. The van der Waals surface area contributed by atoms with Gasteiger partial charge in [0.25, 0.3) is 0 Å². The van der Waals surface area contributed by atoms with Gasteiger partial charge in [0.1, 0.15) is 6.04 Å². The van der Waals surface area contributed by atoms with Crippen molar-refractivity contribution in [3.63, 3.8) is 0 Å². The van der Waals surface area contributed by atoms with Crippen molar-refractivity contribution in [2.75, 3.05) is 5.32 Å². The number of aromatic nitrogens is 2. The summed E-state index contributed by atoms with van der Waals surface area (Å²) in [6, 6.07) is -0.672. The van der Waals surface area contributed by atoms with E-state index in [2.05, 4.69) is 15.3 Å². The first kappa shape index (κ1) is 12.7. The van der Waals surface area contributed by atoms with Crippen LogP contribution in [0.3, 0.4) is 0 Å². The zero-order chi connectivity index (χ0) is 12.0. The number of aliphatic carboxylic acids is 1. The van der Waals surface area contributed by atoms with E-state index in [-0.39, 0.29) is 5.15 Å². The number of halogens is 1. The van der Waals surface area contributed by atoms with Crippen LogP contribution in [0.1, 0.15) is 26.2 Å². The molecule has 0 aliphatic heterocycles. The van der Waals surface area contributed by atoms with Gasteiger partial charge in [-0.2, -0.15) is 0 Å². The Morgan fingerprint density at radius 2 is 2.25 bits per heavy atom. The van der Waals surface area contributed by atoms with E-state index in [1.807, 2.05) is 6.92 Å². The highest BCUT2D eigenvalue weighted by Gasteiger charge is 2.18. The van der Waals surface area contributed by atoms with Crippen LogP contribution in [-0.4, -0.2) is 27.1 Å². The first-order chi connectivity index (χ1) is 7.65. The van der Waals surface area contributed by atoms with Crippen molar-refractivity contribution in [1.82, 2.24) is 9.97 Å². The quantitative estimate of drug-likeness (QED) is 0.801. The molecule has 0 aliphatic rings. The molecule has 0 unspecified atom stereocenters. The molecule has 1 rings (SSSR count). The van der Waals surface area contributed by atoms with Crippen molar-refractivity contribution >= 4 is 23.4 Å². The Morgan fingerprint density at radius 3 is 2.81 bits per heavy atom. The maximum Gasteiger partial charge on any atom is 0.326 e. The third-order valence-corrected chi connectivity index (χ3v) is 2.39. The predicted octanol–water partition coefficient (Wildman–Crippen LogP) is 2.19. The highest BCUT2D eigenvalue weighted by molar-refractivity contribution is 6.31. The fraction of sp³-hybridized carbons (Fsp3) is 0.500. The monoisotopic (exact) mass is 243 g/mol. The van der Waals surface area contributed by atoms with E-state index >= 15 is 0 Å². The van der Waals surface area contributed by atoms with Crippen LogP contribution in [0.4, 0.5) is 5.82 Å². The van der Waals surface area contributed by atoms with Gasteiger partial charge in [0, 0.05) is 12.4 Å². The van der Waals surface area contributed by atoms with Crippen molar-refractivity contribution in [2.24, 2.45) is 0 Å². The summed E-state index contributed by atoms with van der Waals surface area (Å²) < 4.78 is 0. The molecule has 88 valence electrons. The fourth-order valence-corrected chi connectivity index (χ4v) is 1.41. The highest BCUT2D eigenvalue weighted by Crippen LogP contribution is 2.16.